The average molecular weight is 466 g/mol. The average Bonchev–Trinajstić information content (AvgIpc) is 2.77. The molecule has 10 N–H and O–H groups in total. The number of rotatable bonds is 14. The fourth-order valence-corrected chi connectivity index (χ4v) is 2.66. The van der Waals surface area contributed by atoms with E-state index in [9.17, 15) is 24.0 Å². The molecule has 0 aliphatic rings. The molecule has 182 valence electrons. The Balaban J connectivity index is 2.66. The fourth-order valence-electron chi connectivity index (χ4n) is 2.66. The highest BCUT2D eigenvalue weighted by Crippen LogP contribution is 2.11. The van der Waals surface area contributed by atoms with Crippen LogP contribution in [0.2, 0.25) is 0 Å². The second-order valence-corrected chi connectivity index (χ2v) is 7.15. The summed E-state index contributed by atoms with van der Waals surface area (Å²) in [5, 5.41) is 27.6. The third kappa shape index (κ3) is 11.5. The number of hydrogen-bond donors (Lipinski definition) is 8. The van der Waals surface area contributed by atoms with Crippen LogP contribution in [0.3, 0.4) is 0 Å². The summed E-state index contributed by atoms with van der Waals surface area (Å²) in [7, 11) is 0. The maximum atomic E-state index is 12.7. The van der Waals surface area contributed by atoms with Crippen LogP contribution < -0.4 is 32.7 Å². The van der Waals surface area contributed by atoms with Crippen LogP contribution in [0.4, 0.5) is 10.5 Å². The first-order valence-corrected chi connectivity index (χ1v) is 10.2. The minimum atomic E-state index is -1.10. The second-order valence-electron chi connectivity index (χ2n) is 7.15. The molecule has 0 heterocycles. The topological polar surface area (TPSA) is 226 Å². The minimum Gasteiger partial charge on any atom is -0.481 e. The lowest BCUT2D eigenvalue weighted by Gasteiger charge is -2.19. The summed E-state index contributed by atoms with van der Waals surface area (Å²) in [5.41, 5.74) is 11.7. The molecule has 1 rings (SSSR count). The van der Waals surface area contributed by atoms with E-state index in [2.05, 4.69) is 21.3 Å². The lowest BCUT2D eigenvalue weighted by atomic mass is 10.1. The quantitative estimate of drug-likeness (QED) is 0.148. The number of primary amides is 1. The van der Waals surface area contributed by atoms with Gasteiger partial charge in [0.05, 0.1) is 19.2 Å². The summed E-state index contributed by atoms with van der Waals surface area (Å²) in [6.45, 7) is -0.422. The number of benzene rings is 1. The fraction of sp³-hybridized carbons (Fsp3) is 0.450. The Hall–Kier alpha value is -3.71. The number of aliphatic hydroxyl groups excluding tert-OH is 1. The molecule has 1 aromatic rings. The Morgan fingerprint density at radius 3 is 2.21 bits per heavy atom. The number of carboxylic acids is 1. The Kier molecular flexibility index (Phi) is 11.9. The van der Waals surface area contributed by atoms with E-state index in [0.717, 1.165) is 0 Å². The van der Waals surface area contributed by atoms with Gasteiger partial charge in [-0.2, -0.15) is 0 Å². The number of urea groups is 1. The molecule has 0 radical (unpaired) electrons. The summed E-state index contributed by atoms with van der Waals surface area (Å²) in [5.74, 6) is -2.97. The van der Waals surface area contributed by atoms with E-state index in [0.29, 0.717) is 17.7 Å². The second kappa shape index (κ2) is 14.4. The van der Waals surface area contributed by atoms with Gasteiger partial charge < -0.3 is 42.9 Å². The molecule has 0 fully saturated rings. The number of nitrogens with two attached hydrogens (primary N) is 2. The van der Waals surface area contributed by atoms with Crippen LogP contribution in [0, 0.1) is 0 Å². The Bertz CT molecular complexity index is 831. The molecule has 0 bridgehead atoms. The van der Waals surface area contributed by atoms with Crippen molar-refractivity contribution in [2.45, 2.75) is 44.4 Å². The molecule has 0 saturated carbocycles. The molecule has 0 saturated heterocycles. The number of nitrogens with one attached hydrogen (secondary N) is 4. The van der Waals surface area contributed by atoms with Crippen LogP contribution in [-0.4, -0.2) is 65.1 Å². The number of hydrogen-bond acceptors (Lipinski definition) is 7. The Labute approximate surface area is 190 Å². The summed E-state index contributed by atoms with van der Waals surface area (Å²) in [6, 6.07) is 3.65. The third-order valence-corrected chi connectivity index (χ3v) is 4.45. The maximum absolute atomic E-state index is 12.7. The van der Waals surface area contributed by atoms with Gasteiger partial charge in [0, 0.05) is 18.7 Å². The van der Waals surface area contributed by atoms with E-state index in [1.54, 1.807) is 24.3 Å². The van der Waals surface area contributed by atoms with Gasteiger partial charge >= 0.3 is 12.0 Å². The maximum Gasteiger partial charge on any atom is 0.312 e. The first-order valence-electron chi connectivity index (χ1n) is 10.2. The van der Waals surface area contributed by atoms with Gasteiger partial charge in [0.25, 0.3) is 0 Å². The van der Waals surface area contributed by atoms with Crippen molar-refractivity contribution in [1.82, 2.24) is 16.0 Å². The zero-order valence-electron chi connectivity index (χ0n) is 18.0. The highest BCUT2D eigenvalue weighted by molar-refractivity contribution is 5.98. The van der Waals surface area contributed by atoms with Crippen LogP contribution >= 0.6 is 0 Å². The van der Waals surface area contributed by atoms with E-state index < -0.39 is 48.4 Å². The highest BCUT2D eigenvalue weighted by atomic mass is 16.4. The number of anilines is 1. The largest absolute Gasteiger partial charge is 0.481 e. The van der Waals surface area contributed by atoms with Crippen molar-refractivity contribution >= 4 is 35.4 Å². The Morgan fingerprint density at radius 2 is 1.64 bits per heavy atom. The molecule has 0 spiro atoms. The summed E-state index contributed by atoms with van der Waals surface area (Å²) < 4.78 is 0. The van der Waals surface area contributed by atoms with E-state index >= 15 is 0 Å². The third-order valence-electron chi connectivity index (χ3n) is 4.45. The van der Waals surface area contributed by atoms with Gasteiger partial charge in [-0.05, 0) is 37.0 Å². The first kappa shape index (κ1) is 27.3. The van der Waals surface area contributed by atoms with Gasteiger partial charge in [-0.25, -0.2) is 4.79 Å². The van der Waals surface area contributed by atoms with Gasteiger partial charge in [0.2, 0.25) is 17.7 Å². The molecule has 0 aliphatic heterocycles. The van der Waals surface area contributed by atoms with Gasteiger partial charge in [-0.3, -0.25) is 19.2 Å². The smallest absolute Gasteiger partial charge is 0.312 e. The Morgan fingerprint density at radius 1 is 0.970 bits per heavy atom. The van der Waals surface area contributed by atoms with Crippen molar-refractivity contribution in [1.29, 1.82) is 0 Å². The molecule has 2 atom stereocenters. The van der Waals surface area contributed by atoms with Crippen molar-refractivity contribution in [3.8, 4) is 0 Å². The zero-order valence-corrected chi connectivity index (χ0v) is 18.0. The lowest BCUT2D eigenvalue weighted by molar-refractivity contribution is -0.137. The molecule has 33 heavy (non-hydrogen) atoms. The minimum absolute atomic E-state index is 0.0875. The monoisotopic (exact) mass is 466 g/mol. The molecule has 0 unspecified atom stereocenters. The SMILES string of the molecule is NC(=O)NCCC[C@H](NC(=O)CNC(=O)[C@@H](N)CCC(=O)O)C(=O)Nc1ccc(CO)cc1. The van der Waals surface area contributed by atoms with Gasteiger partial charge in [0.1, 0.15) is 6.04 Å². The van der Waals surface area contributed by atoms with E-state index in [-0.39, 0.29) is 32.4 Å². The first-order chi connectivity index (χ1) is 15.6. The molecular weight excluding hydrogens is 436 g/mol. The van der Waals surface area contributed by atoms with Crippen molar-refractivity contribution in [3.05, 3.63) is 29.8 Å². The van der Waals surface area contributed by atoms with E-state index in [1.807, 2.05) is 0 Å². The normalized spacial score (nSPS) is 12.2. The number of amides is 5. The van der Waals surface area contributed by atoms with Crippen LogP contribution in [0.15, 0.2) is 24.3 Å². The van der Waals surface area contributed by atoms with Crippen LogP contribution in [0.1, 0.15) is 31.2 Å². The van der Waals surface area contributed by atoms with Gasteiger partial charge in [-0.15, -0.1) is 0 Å². The number of carboxylic acid groups (broad SMARTS) is 1. The molecule has 5 amide bonds. The van der Waals surface area contributed by atoms with Crippen LogP contribution in [-0.2, 0) is 25.8 Å². The van der Waals surface area contributed by atoms with Crippen LogP contribution in [0.25, 0.3) is 0 Å². The predicted molar refractivity (Wildman–Crippen MR) is 118 cm³/mol. The predicted octanol–water partition coefficient (Wildman–Crippen LogP) is -1.64. The summed E-state index contributed by atoms with van der Waals surface area (Å²) >= 11 is 0. The summed E-state index contributed by atoms with van der Waals surface area (Å²) in [4.78, 5) is 58.2. The zero-order chi connectivity index (χ0) is 24.8. The lowest BCUT2D eigenvalue weighted by Crippen LogP contribution is -2.49. The molecule has 0 aliphatic carbocycles. The number of aliphatic carboxylic acids is 1. The van der Waals surface area contributed by atoms with Crippen molar-refractivity contribution in [2.24, 2.45) is 11.5 Å². The molecule has 1 aromatic carbocycles. The van der Waals surface area contributed by atoms with Gasteiger partial charge in [-0.1, -0.05) is 12.1 Å². The molecule has 13 heteroatoms. The summed E-state index contributed by atoms with van der Waals surface area (Å²) in [6.07, 6.45) is 0.118. The van der Waals surface area contributed by atoms with Crippen molar-refractivity contribution in [3.63, 3.8) is 0 Å². The van der Waals surface area contributed by atoms with E-state index in [4.69, 9.17) is 21.7 Å². The van der Waals surface area contributed by atoms with Crippen molar-refractivity contribution in [2.75, 3.05) is 18.4 Å². The number of carbonyl (C=O) groups excluding carboxylic acids is 4. The molecule has 13 nitrogen and oxygen atoms in total. The molecular formula is C20H30N6O7. The highest BCUT2D eigenvalue weighted by Gasteiger charge is 2.22. The van der Waals surface area contributed by atoms with E-state index in [1.165, 1.54) is 0 Å². The number of carbonyl (C=O) groups is 5. The van der Waals surface area contributed by atoms with Gasteiger partial charge in [0.15, 0.2) is 0 Å². The van der Waals surface area contributed by atoms with Crippen molar-refractivity contribution < 1.29 is 34.2 Å². The van der Waals surface area contributed by atoms with Crippen LogP contribution in [0.5, 0.6) is 0 Å². The molecule has 0 aromatic heterocycles. The standard InChI is InChI=1S/C20H30N6O7/c21-14(7-8-17(29)30)18(31)24-10-16(28)26-15(2-1-9-23-20(22)33)19(32)25-13-5-3-12(11-27)4-6-13/h3-6,14-15,27H,1-2,7-11,21H2,(H,24,31)(H,25,32)(H,26,28)(H,29,30)(H3,22,23,33)/t14-,15-/m0/s1. The number of aliphatic hydroxyl groups is 1.